The molecule has 2 N–H and O–H groups in total. The Morgan fingerprint density at radius 1 is 1.36 bits per heavy atom. The quantitative estimate of drug-likeness (QED) is 0.496. The van der Waals surface area contributed by atoms with Crippen LogP contribution in [0.2, 0.25) is 0 Å². The third kappa shape index (κ3) is 5.78. The van der Waals surface area contributed by atoms with E-state index in [0.29, 0.717) is 0 Å². The summed E-state index contributed by atoms with van der Waals surface area (Å²) in [6, 6.07) is 0. The van der Waals surface area contributed by atoms with Gasteiger partial charge in [-0.25, -0.2) is 0 Å². The summed E-state index contributed by atoms with van der Waals surface area (Å²) in [4.78, 5) is 15.0. The Bertz CT molecular complexity index is 111. The third-order valence-corrected chi connectivity index (χ3v) is 0.956. The van der Waals surface area contributed by atoms with Gasteiger partial charge >= 0.3 is 5.97 Å². The topological polar surface area (TPSA) is 70.0 Å². The highest BCUT2D eigenvalue weighted by molar-refractivity contribution is 5.65. The zero-order valence-electron chi connectivity index (χ0n) is 6.49. The van der Waals surface area contributed by atoms with Crippen LogP contribution in [0, 0.1) is 0 Å². The van der Waals surface area contributed by atoms with Crippen molar-refractivity contribution >= 4 is 5.97 Å². The summed E-state index contributed by atoms with van der Waals surface area (Å²) in [6.45, 7) is 1.50. The summed E-state index contributed by atoms with van der Waals surface area (Å²) in [5.41, 5.74) is 0. The van der Waals surface area contributed by atoms with Crippen LogP contribution in [0.5, 0.6) is 0 Å². The average molecular weight is 163 g/mol. The van der Waals surface area contributed by atoms with Crippen LogP contribution >= 0.6 is 0 Å². The molecule has 5 nitrogen and oxygen atoms in total. The number of aliphatic hydroxyl groups is 2. The fourth-order valence-electron chi connectivity index (χ4n) is 0.608. The van der Waals surface area contributed by atoms with E-state index in [0.717, 1.165) is 0 Å². The molecule has 11 heavy (non-hydrogen) atoms. The van der Waals surface area contributed by atoms with Crippen LogP contribution in [-0.4, -0.2) is 47.5 Å². The first kappa shape index (κ1) is 10.3. The largest absolute Gasteiger partial charge is 0.395 e. The first-order valence-electron chi connectivity index (χ1n) is 3.36. The first-order chi connectivity index (χ1) is 5.20. The van der Waals surface area contributed by atoms with Crippen molar-refractivity contribution in [2.24, 2.45) is 0 Å². The fraction of sp³-hybridized carbons (Fsp3) is 0.833. The van der Waals surface area contributed by atoms with Crippen LogP contribution in [0.25, 0.3) is 0 Å². The van der Waals surface area contributed by atoms with E-state index in [1.807, 2.05) is 0 Å². The Hall–Kier alpha value is -0.650. The highest BCUT2D eigenvalue weighted by Gasteiger charge is 2.05. The van der Waals surface area contributed by atoms with Crippen molar-refractivity contribution in [1.82, 2.24) is 5.06 Å². The number of hydrogen-bond donors (Lipinski definition) is 2. The summed E-state index contributed by atoms with van der Waals surface area (Å²) in [6.07, 6.45) is 0. The number of carbonyl (C=O) groups is 1. The van der Waals surface area contributed by atoms with Gasteiger partial charge in [0.2, 0.25) is 0 Å². The molecule has 0 aliphatic heterocycles. The van der Waals surface area contributed by atoms with Crippen molar-refractivity contribution in [1.29, 1.82) is 0 Å². The Labute approximate surface area is 65.1 Å². The predicted octanol–water partition coefficient (Wildman–Crippen LogP) is -1.25. The highest BCUT2D eigenvalue weighted by Crippen LogP contribution is 1.89. The van der Waals surface area contributed by atoms with Gasteiger partial charge in [0.1, 0.15) is 0 Å². The van der Waals surface area contributed by atoms with Crippen molar-refractivity contribution in [2.75, 3.05) is 26.3 Å². The Morgan fingerprint density at radius 2 is 1.82 bits per heavy atom. The molecule has 0 amide bonds. The van der Waals surface area contributed by atoms with Crippen molar-refractivity contribution in [3.8, 4) is 0 Å². The van der Waals surface area contributed by atoms with Gasteiger partial charge in [-0.2, -0.15) is 0 Å². The number of aliphatic hydroxyl groups excluding tert-OH is 2. The molecule has 0 saturated heterocycles. The number of hydrogen-bond acceptors (Lipinski definition) is 5. The number of carbonyl (C=O) groups excluding carboxylic acids is 1. The maximum atomic E-state index is 10.4. The van der Waals surface area contributed by atoms with Crippen molar-refractivity contribution < 1.29 is 19.8 Å². The van der Waals surface area contributed by atoms with Crippen molar-refractivity contribution in [3.05, 3.63) is 0 Å². The lowest BCUT2D eigenvalue weighted by molar-refractivity contribution is -0.191. The van der Waals surface area contributed by atoms with Gasteiger partial charge in [-0.3, -0.25) is 4.79 Å². The molecule has 0 saturated carbocycles. The number of rotatable bonds is 5. The third-order valence-electron chi connectivity index (χ3n) is 0.956. The second-order valence-electron chi connectivity index (χ2n) is 1.96. The monoisotopic (exact) mass is 163 g/mol. The van der Waals surface area contributed by atoms with Crippen LogP contribution in [0.1, 0.15) is 6.92 Å². The molecule has 0 aromatic heterocycles. The lowest BCUT2D eigenvalue weighted by atomic mass is 10.6. The standard InChI is InChI=1S/C6H13NO4/c1-6(10)11-7(2-4-8)3-5-9/h8-9H,2-5H2,1H3. The molecular formula is C6H13NO4. The molecule has 0 radical (unpaired) electrons. The summed E-state index contributed by atoms with van der Waals surface area (Å²) in [5.74, 6) is -0.452. The summed E-state index contributed by atoms with van der Waals surface area (Å²) in [5, 5.41) is 18.1. The van der Waals surface area contributed by atoms with Crippen molar-refractivity contribution in [2.45, 2.75) is 6.92 Å². The SMILES string of the molecule is CC(=O)ON(CCO)CCO. The molecule has 0 rings (SSSR count). The van der Waals surface area contributed by atoms with Gasteiger partial charge in [0.05, 0.1) is 26.3 Å². The lowest BCUT2D eigenvalue weighted by Crippen LogP contribution is -2.31. The lowest BCUT2D eigenvalue weighted by Gasteiger charge is -2.17. The van der Waals surface area contributed by atoms with Gasteiger partial charge in [0.15, 0.2) is 0 Å². The molecular weight excluding hydrogens is 150 g/mol. The summed E-state index contributed by atoms with van der Waals surface area (Å²) < 4.78 is 0. The Morgan fingerprint density at radius 3 is 2.09 bits per heavy atom. The maximum Gasteiger partial charge on any atom is 0.322 e. The normalized spacial score (nSPS) is 10.2. The van der Waals surface area contributed by atoms with Gasteiger partial charge in [-0.05, 0) is 0 Å². The van der Waals surface area contributed by atoms with E-state index in [9.17, 15) is 4.79 Å². The fourth-order valence-corrected chi connectivity index (χ4v) is 0.608. The van der Waals surface area contributed by atoms with Gasteiger partial charge in [-0.1, -0.05) is 0 Å². The Kier molecular flexibility index (Phi) is 5.73. The first-order valence-corrected chi connectivity index (χ1v) is 3.36. The van der Waals surface area contributed by atoms with E-state index < -0.39 is 5.97 Å². The van der Waals surface area contributed by atoms with E-state index in [2.05, 4.69) is 4.84 Å². The molecule has 0 heterocycles. The number of nitrogens with zero attached hydrogens (tertiary/aromatic N) is 1. The smallest absolute Gasteiger partial charge is 0.322 e. The molecule has 0 aliphatic rings. The van der Waals surface area contributed by atoms with E-state index in [1.54, 1.807) is 0 Å². The molecule has 0 aliphatic carbocycles. The second-order valence-corrected chi connectivity index (χ2v) is 1.96. The average Bonchev–Trinajstić information content (AvgIpc) is 1.87. The van der Waals surface area contributed by atoms with Crippen LogP contribution in [-0.2, 0) is 9.63 Å². The van der Waals surface area contributed by atoms with Crippen LogP contribution in [0.15, 0.2) is 0 Å². The van der Waals surface area contributed by atoms with Crippen molar-refractivity contribution in [3.63, 3.8) is 0 Å². The van der Waals surface area contributed by atoms with Gasteiger partial charge in [-0.15, -0.1) is 5.06 Å². The van der Waals surface area contributed by atoms with E-state index >= 15 is 0 Å². The minimum Gasteiger partial charge on any atom is -0.395 e. The Balaban J connectivity index is 3.59. The van der Waals surface area contributed by atoms with E-state index in [-0.39, 0.29) is 26.3 Å². The summed E-state index contributed by atoms with van der Waals surface area (Å²) >= 11 is 0. The second kappa shape index (κ2) is 6.09. The molecule has 0 spiro atoms. The van der Waals surface area contributed by atoms with Crippen LogP contribution < -0.4 is 0 Å². The van der Waals surface area contributed by atoms with Crippen LogP contribution in [0.3, 0.4) is 0 Å². The predicted molar refractivity (Wildman–Crippen MR) is 37.5 cm³/mol. The highest BCUT2D eigenvalue weighted by atomic mass is 16.7. The number of hydroxylamine groups is 2. The summed E-state index contributed by atoms with van der Waals surface area (Å²) in [7, 11) is 0. The molecule has 0 unspecified atom stereocenters. The zero-order valence-corrected chi connectivity index (χ0v) is 6.49. The molecule has 0 fully saturated rings. The van der Waals surface area contributed by atoms with Crippen LogP contribution in [0.4, 0.5) is 0 Å². The minimum absolute atomic E-state index is 0.104. The van der Waals surface area contributed by atoms with Gasteiger partial charge in [0.25, 0.3) is 0 Å². The van der Waals surface area contributed by atoms with Gasteiger partial charge in [0, 0.05) is 6.92 Å². The molecule has 0 aromatic carbocycles. The molecule has 66 valence electrons. The molecule has 0 atom stereocenters. The van der Waals surface area contributed by atoms with E-state index in [4.69, 9.17) is 10.2 Å². The van der Waals surface area contributed by atoms with Gasteiger partial charge < -0.3 is 15.1 Å². The van der Waals surface area contributed by atoms with E-state index in [1.165, 1.54) is 12.0 Å². The minimum atomic E-state index is -0.452. The molecule has 5 heteroatoms. The maximum absolute atomic E-state index is 10.4. The molecule has 0 bridgehead atoms. The zero-order chi connectivity index (χ0) is 8.69. The molecule has 0 aromatic rings.